The Balaban J connectivity index is 1.51. The molecule has 3 aromatic rings. The van der Waals surface area contributed by atoms with Crippen LogP contribution in [0.5, 0.6) is 0 Å². The van der Waals surface area contributed by atoms with Crippen LogP contribution in [0.15, 0.2) is 60.9 Å². The van der Waals surface area contributed by atoms with Gasteiger partial charge < -0.3 is 10.2 Å². The van der Waals surface area contributed by atoms with Gasteiger partial charge in [0.1, 0.15) is 0 Å². The number of pyridine rings is 1. The van der Waals surface area contributed by atoms with Gasteiger partial charge in [-0.2, -0.15) is 0 Å². The molecule has 6 heteroatoms. The first-order chi connectivity index (χ1) is 13.1. The summed E-state index contributed by atoms with van der Waals surface area (Å²) in [6, 6.07) is 15.6. The molecule has 6 nitrogen and oxygen atoms in total. The summed E-state index contributed by atoms with van der Waals surface area (Å²) in [5, 5.41) is 11.1. The van der Waals surface area contributed by atoms with Crippen molar-refractivity contribution in [3.05, 3.63) is 77.6 Å². The van der Waals surface area contributed by atoms with Crippen molar-refractivity contribution in [2.75, 3.05) is 23.8 Å². The summed E-state index contributed by atoms with van der Waals surface area (Å²) in [5.74, 6) is 1.12. The van der Waals surface area contributed by atoms with Crippen LogP contribution in [0.3, 0.4) is 0 Å². The highest BCUT2D eigenvalue weighted by Gasteiger charge is 2.08. The molecule has 27 heavy (non-hydrogen) atoms. The molecule has 0 bridgehead atoms. The predicted molar refractivity (Wildman–Crippen MR) is 107 cm³/mol. The Labute approximate surface area is 159 Å². The summed E-state index contributed by atoms with van der Waals surface area (Å²) >= 11 is 0. The molecule has 138 valence electrons. The number of aromatic nitrogens is 3. The Morgan fingerprint density at radius 3 is 2.37 bits per heavy atom. The first-order valence-corrected chi connectivity index (χ1v) is 8.89. The lowest BCUT2D eigenvalue weighted by atomic mass is 10.1. The number of nitrogens with zero attached hydrogens (tertiary/aromatic N) is 4. The van der Waals surface area contributed by atoms with Gasteiger partial charge in [0.25, 0.3) is 0 Å². The Hall–Kier alpha value is -3.28. The number of hydrogen-bond acceptors (Lipinski definition) is 5. The number of amides is 1. The van der Waals surface area contributed by atoms with Crippen LogP contribution < -0.4 is 10.2 Å². The quantitative estimate of drug-likeness (QED) is 0.700. The Kier molecular flexibility index (Phi) is 6.10. The fourth-order valence-corrected chi connectivity index (χ4v) is 2.63. The van der Waals surface area contributed by atoms with Gasteiger partial charge in [0.15, 0.2) is 11.6 Å². The molecule has 3 rings (SSSR count). The van der Waals surface area contributed by atoms with E-state index in [1.807, 2.05) is 61.3 Å². The average Bonchev–Trinajstić information content (AvgIpc) is 2.69. The van der Waals surface area contributed by atoms with Gasteiger partial charge in [-0.3, -0.25) is 9.78 Å². The largest absolute Gasteiger partial charge is 0.358 e. The smallest absolute Gasteiger partial charge is 0.229 e. The number of aryl methyl sites for hydroxylation is 1. The fourth-order valence-electron chi connectivity index (χ4n) is 2.63. The molecule has 0 atom stereocenters. The molecule has 1 aromatic carbocycles. The highest BCUT2D eigenvalue weighted by molar-refractivity contribution is 5.91. The summed E-state index contributed by atoms with van der Waals surface area (Å²) in [5.41, 5.74) is 3.37. The van der Waals surface area contributed by atoms with Crippen LogP contribution in [0.4, 0.5) is 11.6 Å². The van der Waals surface area contributed by atoms with Crippen LogP contribution >= 0.6 is 0 Å². The van der Waals surface area contributed by atoms with E-state index in [4.69, 9.17) is 0 Å². The van der Waals surface area contributed by atoms with E-state index in [2.05, 4.69) is 20.5 Å². The molecule has 0 spiro atoms. The number of carbonyl (C=O) groups is 1. The molecule has 0 radical (unpaired) electrons. The van der Waals surface area contributed by atoms with Crippen molar-refractivity contribution in [1.82, 2.24) is 15.2 Å². The monoisotopic (exact) mass is 361 g/mol. The first kappa shape index (κ1) is 18.5. The number of hydrogen-bond donors (Lipinski definition) is 1. The Morgan fingerprint density at radius 2 is 1.70 bits per heavy atom. The van der Waals surface area contributed by atoms with Gasteiger partial charge in [0.05, 0.1) is 6.42 Å². The predicted octanol–water partition coefficient (Wildman–Crippen LogP) is 3.04. The van der Waals surface area contributed by atoms with E-state index in [0.29, 0.717) is 12.2 Å². The van der Waals surface area contributed by atoms with E-state index in [-0.39, 0.29) is 5.91 Å². The second-order valence-corrected chi connectivity index (χ2v) is 6.51. The van der Waals surface area contributed by atoms with Gasteiger partial charge in [-0.15, -0.1) is 10.2 Å². The number of benzene rings is 1. The van der Waals surface area contributed by atoms with E-state index in [9.17, 15) is 4.79 Å². The molecule has 0 aliphatic rings. The molecule has 0 aliphatic carbocycles. The lowest BCUT2D eigenvalue weighted by molar-refractivity contribution is -0.115. The standard InChI is InChI=1S/C21H23N5O/c1-16-3-5-18(6-4-16)15-21(27)23-19-7-8-20(25-24-19)26(2)14-11-17-9-12-22-13-10-17/h3-10,12-13H,11,14-15H2,1-2H3,(H,23,24,27). The second kappa shape index (κ2) is 8.89. The Morgan fingerprint density at radius 1 is 0.963 bits per heavy atom. The van der Waals surface area contributed by atoms with E-state index in [1.165, 1.54) is 11.1 Å². The van der Waals surface area contributed by atoms with Crippen molar-refractivity contribution >= 4 is 17.5 Å². The summed E-state index contributed by atoms with van der Waals surface area (Å²) in [7, 11) is 1.97. The molecule has 1 N–H and O–H groups in total. The van der Waals surface area contributed by atoms with Gasteiger partial charge in [0.2, 0.25) is 5.91 Å². The van der Waals surface area contributed by atoms with E-state index < -0.39 is 0 Å². The maximum absolute atomic E-state index is 12.2. The summed E-state index contributed by atoms with van der Waals surface area (Å²) in [6.07, 6.45) is 4.80. The molecule has 0 saturated heterocycles. The van der Waals surface area contributed by atoms with Crippen molar-refractivity contribution in [2.24, 2.45) is 0 Å². The highest BCUT2D eigenvalue weighted by Crippen LogP contribution is 2.12. The number of carbonyl (C=O) groups excluding carboxylic acids is 1. The van der Waals surface area contributed by atoms with Gasteiger partial charge in [0, 0.05) is 26.0 Å². The minimum absolute atomic E-state index is 0.105. The SMILES string of the molecule is Cc1ccc(CC(=O)Nc2ccc(N(C)CCc3ccncc3)nn2)cc1. The molecule has 2 aromatic heterocycles. The molecule has 1 amide bonds. The van der Waals surface area contributed by atoms with Gasteiger partial charge in [-0.05, 0) is 48.7 Å². The summed E-state index contributed by atoms with van der Waals surface area (Å²) in [6.45, 7) is 2.84. The number of anilines is 2. The maximum atomic E-state index is 12.2. The summed E-state index contributed by atoms with van der Waals surface area (Å²) in [4.78, 5) is 18.2. The zero-order chi connectivity index (χ0) is 19.1. The van der Waals surface area contributed by atoms with Crippen molar-refractivity contribution in [3.63, 3.8) is 0 Å². The van der Waals surface area contributed by atoms with Crippen LogP contribution in [0.25, 0.3) is 0 Å². The minimum atomic E-state index is -0.105. The molecular weight excluding hydrogens is 338 g/mol. The molecule has 0 saturated carbocycles. The number of nitrogens with one attached hydrogen (secondary N) is 1. The van der Waals surface area contributed by atoms with E-state index in [0.717, 1.165) is 24.3 Å². The maximum Gasteiger partial charge on any atom is 0.229 e. The van der Waals surface area contributed by atoms with Gasteiger partial charge in [-0.1, -0.05) is 29.8 Å². The lowest BCUT2D eigenvalue weighted by Crippen LogP contribution is -2.22. The normalized spacial score (nSPS) is 10.4. The molecule has 0 unspecified atom stereocenters. The van der Waals surface area contributed by atoms with Crippen LogP contribution in [0.2, 0.25) is 0 Å². The average molecular weight is 361 g/mol. The van der Waals surface area contributed by atoms with Crippen LogP contribution in [-0.2, 0) is 17.6 Å². The first-order valence-electron chi connectivity index (χ1n) is 8.89. The third kappa shape index (κ3) is 5.60. The van der Waals surface area contributed by atoms with Gasteiger partial charge in [-0.25, -0.2) is 0 Å². The van der Waals surface area contributed by atoms with Crippen LogP contribution in [0, 0.1) is 6.92 Å². The highest BCUT2D eigenvalue weighted by atomic mass is 16.1. The third-order valence-electron chi connectivity index (χ3n) is 4.28. The number of rotatable bonds is 7. The van der Waals surface area contributed by atoms with Gasteiger partial charge >= 0.3 is 0 Å². The molecule has 2 heterocycles. The molecule has 0 aliphatic heterocycles. The van der Waals surface area contributed by atoms with E-state index in [1.54, 1.807) is 18.5 Å². The van der Waals surface area contributed by atoms with Crippen molar-refractivity contribution in [2.45, 2.75) is 19.8 Å². The summed E-state index contributed by atoms with van der Waals surface area (Å²) < 4.78 is 0. The zero-order valence-corrected chi connectivity index (χ0v) is 15.6. The fraction of sp³-hybridized carbons (Fsp3) is 0.238. The van der Waals surface area contributed by atoms with Crippen LogP contribution in [-0.4, -0.2) is 34.7 Å². The van der Waals surface area contributed by atoms with E-state index >= 15 is 0 Å². The number of likely N-dealkylation sites (N-methyl/N-ethyl adjacent to an activating group) is 1. The topological polar surface area (TPSA) is 71.0 Å². The lowest BCUT2D eigenvalue weighted by Gasteiger charge is -2.17. The van der Waals surface area contributed by atoms with Crippen molar-refractivity contribution in [1.29, 1.82) is 0 Å². The minimum Gasteiger partial charge on any atom is -0.358 e. The zero-order valence-electron chi connectivity index (χ0n) is 15.6. The van der Waals surface area contributed by atoms with Crippen LogP contribution in [0.1, 0.15) is 16.7 Å². The third-order valence-corrected chi connectivity index (χ3v) is 4.28. The van der Waals surface area contributed by atoms with Crippen molar-refractivity contribution in [3.8, 4) is 0 Å². The van der Waals surface area contributed by atoms with Crippen molar-refractivity contribution < 1.29 is 4.79 Å². The second-order valence-electron chi connectivity index (χ2n) is 6.51. The molecular formula is C21H23N5O. The Bertz CT molecular complexity index is 863. The molecule has 0 fully saturated rings.